The van der Waals surface area contributed by atoms with Gasteiger partial charge in [-0.1, -0.05) is 183 Å². The van der Waals surface area contributed by atoms with Crippen LogP contribution < -0.4 is 0 Å². The lowest BCUT2D eigenvalue weighted by atomic mass is 9.86. The molecule has 0 aliphatic heterocycles. The third kappa shape index (κ3) is 6.64. The zero-order valence-electron chi connectivity index (χ0n) is 34.6. The van der Waals surface area contributed by atoms with Gasteiger partial charge in [0.1, 0.15) is 22.8 Å². The first-order valence-electron chi connectivity index (χ1n) is 21.2. The van der Waals surface area contributed by atoms with Crippen LogP contribution >= 0.6 is 0 Å². The fourth-order valence-electron chi connectivity index (χ4n) is 9.21. The predicted octanol–water partition coefficient (Wildman–Crippen LogP) is 15.2. The Bertz CT molecular complexity index is 3630. The van der Waals surface area contributed by atoms with Gasteiger partial charge in [0.25, 0.3) is 0 Å². The zero-order valence-corrected chi connectivity index (χ0v) is 34.6. The van der Waals surface area contributed by atoms with Gasteiger partial charge in [-0.25, -0.2) is 9.97 Å². The number of hydrogen-bond acceptors (Lipinski definition) is 4. The number of aryl methyl sites for hydroxylation is 1. The van der Waals surface area contributed by atoms with Crippen LogP contribution in [-0.2, 0) is 6.42 Å². The van der Waals surface area contributed by atoms with Crippen molar-refractivity contribution >= 4 is 49.1 Å². The van der Waals surface area contributed by atoms with E-state index >= 15 is 0 Å². The van der Waals surface area contributed by atoms with Crippen LogP contribution in [0.25, 0.3) is 94.1 Å². The Labute approximate surface area is 365 Å². The fourth-order valence-corrected chi connectivity index (χ4v) is 9.21. The summed E-state index contributed by atoms with van der Waals surface area (Å²) in [6.45, 7) is 6.95. The van der Waals surface area contributed by atoms with Crippen molar-refractivity contribution in [2.75, 3.05) is 0 Å². The Morgan fingerprint density at radius 1 is 0.556 bits per heavy atom. The fraction of sp³-hybridized carbons (Fsp3) is 0.0339. The molecule has 0 unspecified atom stereocenters. The van der Waals surface area contributed by atoms with Crippen molar-refractivity contribution in [1.82, 2.24) is 9.97 Å². The number of nitriles is 1. The van der Waals surface area contributed by atoms with E-state index in [1.54, 1.807) is 0 Å². The normalized spacial score (nSPS) is 11.4. The van der Waals surface area contributed by atoms with Crippen LogP contribution in [0.2, 0.25) is 0 Å². The second-order valence-electron chi connectivity index (χ2n) is 16.1. The highest BCUT2D eigenvalue weighted by Crippen LogP contribution is 2.42. The molecule has 0 amide bonds. The molecule has 296 valence electrons. The number of nitrogens with zero attached hydrogens (tertiary/aromatic N) is 3. The maximum Gasteiger partial charge on any atom is 0.160 e. The number of fused-ring (bicyclic) bond motifs is 6. The molecule has 0 radical (unpaired) electrons. The van der Waals surface area contributed by atoms with Crippen molar-refractivity contribution < 1.29 is 4.42 Å². The van der Waals surface area contributed by atoms with Gasteiger partial charge in [-0.15, -0.1) is 0 Å². The third-order valence-electron chi connectivity index (χ3n) is 12.3. The van der Waals surface area contributed by atoms with E-state index in [0.717, 1.165) is 61.7 Å². The van der Waals surface area contributed by atoms with Crippen LogP contribution in [0.1, 0.15) is 33.4 Å². The summed E-state index contributed by atoms with van der Waals surface area (Å²) in [6, 6.07) is 69.7. The molecule has 0 spiro atoms. The van der Waals surface area contributed by atoms with Gasteiger partial charge in [-0.3, -0.25) is 0 Å². The summed E-state index contributed by atoms with van der Waals surface area (Å²) in [5.41, 5.74) is 14.5. The Kier molecular flexibility index (Phi) is 9.29. The van der Waals surface area contributed by atoms with Crippen LogP contribution in [-0.4, -0.2) is 9.97 Å². The summed E-state index contributed by atoms with van der Waals surface area (Å²) >= 11 is 0. The molecule has 4 heteroatoms. The molecule has 63 heavy (non-hydrogen) atoms. The maximum atomic E-state index is 10.8. The highest BCUT2D eigenvalue weighted by atomic mass is 16.3. The van der Waals surface area contributed by atoms with E-state index in [1.165, 1.54) is 43.8 Å². The first kappa shape index (κ1) is 37.6. The summed E-state index contributed by atoms with van der Waals surface area (Å²) in [5.74, 6) is 0.545. The molecule has 2 aromatic heterocycles. The topological polar surface area (TPSA) is 62.7 Å². The lowest BCUT2D eigenvalue weighted by Gasteiger charge is -2.17. The SMILES string of the molecule is C=C(c1ccc2oc3cccc(-c4nc(-c5ccccc5)nc(-c5ccccc5)c4C#N)c3c2c1)c1ccc(Cc2cc3ccccc3c3ccccc23)cc1-c1ccccc1C. The van der Waals surface area contributed by atoms with E-state index in [0.29, 0.717) is 28.4 Å². The Hall–Kier alpha value is -8.39. The minimum atomic E-state index is 0.406. The quantitative estimate of drug-likeness (QED) is 0.144. The standard InChI is InChI=1S/C59H39N3O/c1-37-16-9-11-22-45(37)51-33-39(32-44-34-43-21-10-12-23-47(43)49-25-14-13-24-48(44)49)28-30-46(51)38(2)42-29-31-54-52(35-42)56-50(26-15-27-55(56)63-54)58-53(36-60)57(40-17-5-3-6-18-40)61-59(62-58)41-19-7-4-8-20-41/h3-31,33-35H,2,32H2,1H3. The van der Waals surface area contributed by atoms with Gasteiger partial charge in [0.05, 0.1) is 11.4 Å². The van der Waals surface area contributed by atoms with E-state index < -0.39 is 0 Å². The van der Waals surface area contributed by atoms with Crippen molar-refractivity contribution in [2.24, 2.45) is 0 Å². The molecule has 0 saturated carbocycles. The van der Waals surface area contributed by atoms with E-state index in [9.17, 15) is 5.26 Å². The van der Waals surface area contributed by atoms with Crippen LogP contribution in [0.3, 0.4) is 0 Å². The minimum absolute atomic E-state index is 0.406. The Balaban J connectivity index is 1.06. The van der Waals surface area contributed by atoms with Gasteiger partial charge in [0.2, 0.25) is 0 Å². The van der Waals surface area contributed by atoms with Crippen LogP contribution in [0.5, 0.6) is 0 Å². The van der Waals surface area contributed by atoms with Gasteiger partial charge in [0.15, 0.2) is 5.82 Å². The molecule has 11 rings (SSSR count). The number of furan rings is 1. The molecule has 0 N–H and O–H groups in total. The highest BCUT2D eigenvalue weighted by molar-refractivity contribution is 6.14. The monoisotopic (exact) mass is 805 g/mol. The van der Waals surface area contributed by atoms with Gasteiger partial charge in [0, 0.05) is 27.5 Å². The van der Waals surface area contributed by atoms with E-state index in [-0.39, 0.29) is 0 Å². The van der Waals surface area contributed by atoms with E-state index in [4.69, 9.17) is 21.0 Å². The van der Waals surface area contributed by atoms with E-state index in [1.807, 2.05) is 84.9 Å². The molecule has 9 aromatic carbocycles. The molecule has 0 aliphatic rings. The van der Waals surface area contributed by atoms with Gasteiger partial charge in [-0.05, 0) is 97.6 Å². The molecule has 0 aliphatic carbocycles. The molecule has 4 nitrogen and oxygen atoms in total. The minimum Gasteiger partial charge on any atom is -0.456 e. The number of aromatic nitrogens is 2. The molecule has 0 saturated heterocycles. The summed E-state index contributed by atoms with van der Waals surface area (Å²) in [7, 11) is 0. The average Bonchev–Trinajstić information content (AvgIpc) is 3.72. The number of benzene rings is 9. The highest BCUT2D eigenvalue weighted by Gasteiger charge is 2.23. The van der Waals surface area contributed by atoms with Gasteiger partial charge < -0.3 is 4.42 Å². The van der Waals surface area contributed by atoms with Crippen molar-refractivity contribution in [2.45, 2.75) is 13.3 Å². The van der Waals surface area contributed by atoms with Gasteiger partial charge in [-0.2, -0.15) is 5.26 Å². The molecule has 2 heterocycles. The Morgan fingerprint density at radius 2 is 1.24 bits per heavy atom. The maximum absolute atomic E-state index is 10.8. The molecule has 11 aromatic rings. The molecular formula is C59H39N3O. The first-order valence-corrected chi connectivity index (χ1v) is 21.2. The lowest BCUT2D eigenvalue weighted by molar-refractivity contribution is 0.669. The van der Waals surface area contributed by atoms with Crippen LogP contribution in [0.15, 0.2) is 205 Å². The van der Waals surface area contributed by atoms with Crippen LogP contribution in [0, 0.1) is 18.3 Å². The summed E-state index contributed by atoms with van der Waals surface area (Å²) in [6.07, 6.45) is 0.790. The second-order valence-corrected chi connectivity index (χ2v) is 16.1. The predicted molar refractivity (Wildman–Crippen MR) is 259 cm³/mol. The smallest absolute Gasteiger partial charge is 0.160 e. The van der Waals surface area contributed by atoms with Crippen molar-refractivity contribution in [1.29, 1.82) is 5.26 Å². The molecular weight excluding hydrogens is 767 g/mol. The lowest BCUT2D eigenvalue weighted by Crippen LogP contribution is -2.01. The first-order chi connectivity index (χ1) is 31.0. The van der Waals surface area contributed by atoms with Crippen LogP contribution in [0.4, 0.5) is 0 Å². The van der Waals surface area contributed by atoms with Gasteiger partial charge >= 0.3 is 0 Å². The average molecular weight is 806 g/mol. The molecule has 0 atom stereocenters. The molecule has 0 fully saturated rings. The summed E-state index contributed by atoms with van der Waals surface area (Å²) in [4.78, 5) is 10.1. The van der Waals surface area contributed by atoms with Crippen molar-refractivity contribution in [3.63, 3.8) is 0 Å². The zero-order chi connectivity index (χ0) is 42.4. The second kappa shape index (κ2) is 15.6. The van der Waals surface area contributed by atoms with Crippen molar-refractivity contribution in [3.8, 4) is 51.1 Å². The van der Waals surface area contributed by atoms with E-state index in [2.05, 4.69) is 122 Å². The number of rotatable bonds is 8. The molecule has 0 bridgehead atoms. The summed E-state index contributed by atoms with van der Waals surface area (Å²) in [5, 5.41) is 17.7. The third-order valence-corrected chi connectivity index (χ3v) is 12.3. The van der Waals surface area contributed by atoms with Crippen molar-refractivity contribution in [3.05, 3.63) is 234 Å². The number of hydrogen-bond donors (Lipinski definition) is 0. The summed E-state index contributed by atoms with van der Waals surface area (Å²) < 4.78 is 6.54. The largest absolute Gasteiger partial charge is 0.456 e. The Morgan fingerprint density at radius 3 is 2.03 bits per heavy atom.